The van der Waals surface area contributed by atoms with Crippen molar-refractivity contribution in [3.63, 3.8) is 0 Å². The quantitative estimate of drug-likeness (QED) is 0.314. The Hall–Kier alpha value is -0.790. The first-order valence-electron chi connectivity index (χ1n) is 7.55. The molecule has 1 rings (SSSR count). The van der Waals surface area contributed by atoms with E-state index >= 15 is 0 Å². The number of guanidine groups is 1. The second-order valence-corrected chi connectivity index (χ2v) is 5.14. The first-order valence-corrected chi connectivity index (χ1v) is 7.55. The average molecular weight is 408 g/mol. The molecule has 1 aromatic rings. The first kappa shape index (κ1) is 20.2. The summed E-state index contributed by atoms with van der Waals surface area (Å²) in [5, 5.41) is 10.6. The van der Waals surface area contributed by atoms with Gasteiger partial charge in [0.05, 0.1) is 5.69 Å². The van der Waals surface area contributed by atoms with E-state index in [4.69, 9.17) is 4.52 Å². The molecule has 0 saturated carbocycles. The summed E-state index contributed by atoms with van der Waals surface area (Å²) in [6.07, 6.45) is 2.34. The van der Waals surface area contributed by atoms with Gasteiger partial charge in [0.25, 0.3) is 0 Å². The summed E-state index contributed by atoms with van der Waals surface area (Å²) in [6.45, 7) is 12.9. The third-order valence-electron chi connectivity index (χ3n) is 3.27. The van der Waals surface area contributed by atoms with Crippen molar-refractivity contribution in [1.29, 1.82) is 0 Å². The minimum atomic E-state index is 0. The maximum atomic E-state index is 5.22. The fraction of sp³-hybridized carbons (Fsp3) is 0.733. The van der Waals surface area contributed by atoms with Crippen LogP contribution >= 0.6 is 24.0 Å². The van der Waals surface area contributed by atoms with Crippen LogP contribution in [0.25, 0.3) is 0 Å². The van der Waals surface area contributed by atoms with Crippen molar-refractivity contribution in [2.45, 2.75) is 53.4 Å². The lowest BCUT2D eigenvalue weighted by Crippen LogP contribution is -2.38. The lowest BCUT2D eigenvalue weighted by atomic mass is 10.00. The number of nitrogens with zero attached hydrogens (tertiary/aromatic N) is 2. The third-order valence-corrected chi connectivity index (χ3v) is 3.27. The maximum absolute atomic E-state index is 5.22. The van der Waals surface area contributed by atoms with Crippen molar-refractivity contribution >= 4 is 29.9 Å². The van der Waals surface area contributed by atoms with Crippen LogP contribution in [-0.4, -0.2) is 30.8 Å². The van der Waals surface area contributed by atoms with Gasteiger partial charge in [-0.3, -0.25) is 4.99 Å². The predicted molar refractivity (Wildman–Crippen MR) is 98.7 cm³/mol. The van der Waals surface area contributed by atoms with E-state index in [2.05, 4.69) is 41.6 Å². The second-order valence-electron chi connectivity index (χ2n) is 5.14. The molecule has 1 atom stereocenters. The molecule has 21 heavy (non-hydrogen) atoms. The summed E-state index contributed by atoms with van der Waals surface area (Å²) >= 11 is 0. The Bertz CT molecular complexity index is 412. The number of hydrogen-bond acceptors (Lipinski definition) is 3. The largest absolute Gasteiger partial charge is 0.361 e. The smallest absolute Gasteiger partial charge is 0.191 e. The molecule has 0 spiro atoms. The van der Waals surface area contributed by atoms with Crippen molar-refractivity contribution in [1.82, 2.24) is 15.8 Å². The molecule has 6 heteroatoms. The number of halogens is 1. The van der Waals surface area contributed by atoms with Gasteiger partial charge in [-0.05, 0) is 27.2 Å². The highest BCUT2D eigenvalue weighted by molar-refractivity contribution is 14.0. The van der Waals surface area contributed by atoms with Crippen molar-refractivity contribution in [2.75, 3.05) is 19.6 Å². The van der Waals surface area contributed by atoms with Crippen molar-refractivity contribution in [3.05, 3.63) is 17.0 Å². The molecule has 1 heterocycles. The van der Waals surface area contributed by atoms with Crippen LogP contribution in [0.15, 0.2) is 9.52 Å². The zero-order chi connectivity index (χ0) is 15.0. The molecule has 0 bridgehead atoms. The molecule has 122 valence electrons. The molecule has 2 N–H and O–H groups in total. The van der Waals surface area contributed by atoms with Crippen LogP contribution in [0.5, 0.6) is 0 Å². The number of unbranched alkanes of at least 4 members (excludes halogenated alkanes) is 1. The number of nitrogens with one attached hydrogen (secondary N) is 2. The first-order chi connectivity index (χ1) is 9.60. The third kappa shape index (κ3) is 6.67. The minimum absolute atomic E-state index is 0. The molecule has 0 radical (unpaired) electrons. The molecule has 0 aliphatic carbocycles. The van der Waals surface area contributed by atoms with E-state index in [1.165, 1.54) is 12.0 Å². The summed E-state index contributed by atoms with van der Waals surface area (Å²) in [5.41, 5.74) is 2.15. The molecule has 0 fully saturated rings. The van der Waals surface area contributed by atoms with Crippen LogP contribution < -0.4 is 10.6 Å². The molecule has 0 aliphatic rings. The Labute approximate surface area is 145 Å². The molecule has 1 unspecified atom stereocenters. The van der Waals surface area contributed by atoms with E-state index in [9.17, 15) is 0 Å². The number of rotatable bonds is 7. The molecule has 5 nitrogen and oxygen atoms in total. The van der Waals surface area contributed by atoms with E-state index in [1.807, 2.05) is 13.8 Å². The number of aryl methyl sites for hydroxylation is 2. The van der Waals surface area contributed by atoms with Crippen molar-refractivity contribution in [3.8, 4) is 0 Å². The van der Waals surface area contributed by atoms with E-state index in [-0.39, 0.29) is 24.0 Å². The Morgan fingerprint density at radius 3 is 2.52 bits per heavy atom. The highest BCUT2D eigenvalue weighted by Gasteiger charge is 2.16. The van der Waals surface area contributed by atoms with E-state index in [1.54, 1.807) is 0 Å². The van der Waals surface area contributed by atoms with E-state index < -0.39 is 0 Å². The lowest BCUT2D eigenvalue weighted by molar-refractivity contribution is 0.391. The molecule has 0 aliphatic heterocycles. The van der Waals surface area contributed by atoms with Crippen LogP contribution in [0.1, 0.15) is 56.5 Å². The van der Waals surface area contributed by atoms with Crippen LogP contribution in [0.2, 0.25) is 0 Å². The van der Waals surface area contributed by atoms with Crippen LogP contribution in [0.3, 0.4) is 0 Å². The summed E-state index contributed by atoms with van der Waals surface area (Å²) in [6, 6.07) is 0. The fourth-order valence-corrected chi connectivity index (χ4v) is 2.24. The standard InChI is InChI=1S/C15H28N4O.HI/c1-6-8-9-17-15(16-7-2)18-10-11(3)14-12(4)19-20-13(14)5;/h11H,6-10H2,1-5H3,(H2,16,17,18);1H. The zero-order valence-corrected chi connectivity index (χ0v) is 16.2. The molecular weight excluding hydrogens is 379 g/mol. The monoisotopic (exact) mass is 408 g/mol. The van der Waals surface area contributed by atoms with E-state index in [0.717, 1.165) is 43.5 Å². The van der Waals surface area contributed by atoms with E-state index in [0.29, 0.717) is 5.92 Å². The Morgan fingerprint density at radius 1 is 1.29 bits per heavy atom. The van der Waals surface area contributed by atoms with Gasteiger partial charge in [-0.25, -0.2) is 0 Å². The molecular formula is C15H29IN4O. The zero-order valence-electron chi connectivity index (χ0n) is 13.8. The Kier molecular flexibility index (Phi) is 10.5. The Balaban J connectivity index is 0.00000400. The van der Waals surface area contributed by atoms with Crippen LogP contribution in [0.4, 0.5) is 0 Å². The normalized spacial score (nSPS) is 12.7. The number of aromatic nitrogens is 1. The average Bonchev–Trinajstić information content (AvgIpc) is 2.75. The van der Waals surface area contributed by atoms with Crippen LogP contribution in [0, 0.1) is 13.8 Å². The van der Waals surface area contributed by atoms with Crippen molar-refractivity contribution < 1.29 is 4.52 Å². The molecule has 0 saturated heterocycles. The van der Waals surface area contributed by atoms with Gasteiger partial charge in [0.1, 0.15) is 5.76 Å². The minimum Gasteiger partial charge on any atom is -0.361 e. The predicted octanol–water partition coefficient (Wildman–Crippen LogP) is 3.37. The molecule has 0 aromatic carbocycles. The Morgan fingerprint density at radius 2 is 2.00 bits per heavy atom. The van der Waals surface area contributed by atoms with Gasteiger partial charge in [-0.2, -0.15) is 0 Å². The van der Waals surface area contributed by atoms with Gasteiger partial charge in [-0.1, -0.05) is 25.4 Å². The summed E-state index contributed by atoms with van der Waals surface area (Å²) in [7, 11) is 0. The second kappa shape index (κ2) is 10.9. The molecule has 0 amide bonds. The highest BCUT2D eigenvalue weighted by atomic mass is 127. The van der Waals surface area contributed by atoms with Crippen LogP contribution in [-0.2, 0) is 0 Å². The molecule has 1 aromatic heterocycles. The van der Waals surface area contributed by atoms with Gasteiger partial charge in [0.15, 0.2) is 5.96 Å². The van der Waals surface area contributed by atoms with Crippen molar-refractivity contribution in [2.24, 2.45) is 4.99 Å². The highest BCUT2D eigenvalue weighted by Crippen LogP contribution is 2.23. The maximum Gasteiger partial charge on any atom is 0.191 e. The summed E-state index contributed by atoms with van der Waals surface area (Å²) in [4.78, 5) is 4.65. The van der Waals surface area contributed by atoms with Gasteiger partial charge in [-0.15, -0.1) is 24.0 Å². The fourth-order valence-electron chi connectivity index (χ4n) is 2.24. The van der Waals surface area contributed by atoms with Gasteiger partial charge < -0.3 is 15.2 Å². The van der Waals surface area contributed by atoms with Gasteiger partial charge in [0, 0.05) is 31.1 Å². The topological polar surface area (TPSA) is 62.5 Å². The number of aliphatic imine (C=N–C) groups is 1. The number of hydrogen-bond donors (Lipinski definition) is 2. The van der Waals surface area contributed by atoms with Gasteiger partial charge >= 0.3 is 0 Å². The van der Waals surface area contributed by atoms with Gasteiger partial charge in [0.2, 0.25) is 0 Å². The summed E-state index contributed by atoms with van der Waals surface area (Å²) < 4.78 is 5.22. The lowest BCUT2D eigenvalue weighted by Gasteiger charge is -2.13. The SMILES string of the molecule is CCCCNC(=NCC(C)c1c(C)noc1C)NCC.I. The summed E-state index contributed by atoms with van der Waals surface area (Å²) in [5.74, 6) is 2.09.